The third-order valence-corrected chi connectivity index (χ3v) is 5.25. The molecule has 0 spiro atoms. The van der Waals surface area contributed by atoms with Crippen molar-refractivity contribution in [1.29, 1.82) is 0 Å². The summed E-state index contributed by atoms with van der Waals surface area (Å²) in [5.74, 6) is -0.354. The Labute approximate surface area is 133 Å². The lowest BCUT2D eigenvalue weighted by Crippen LogP contribution is -2.29. The minimum absolute atomic E-state index is 0.0479. The highest BCUT2D eigenvalue weighted by Gasteiger charge is 2.20. The van der Waals surface area contributed by atoms with Gasteiger partial charge in [0.05, 0.1) is 10.7 Å². The van der Waals surface area contributed by atoms with Crippen LogP contribution < -0.4 is 4.72 Å². The topological polar surface area (TPSA) is 89.3 Å². The maximum atomic E-state index is 12.1. The van der Waals surface area contributed by atoms with E-state index >= 15 is 0 Å². The van der Waals surface area contributed by atoms with E-state index in [-0.39, 0.29) is 23.7 Å². The van der Waals surface area contributed by atoms with Crippen molar-refractivity contribution in [3.8, 4) is 0 Å². The molecule has 2 aromatic rings. The number of benzene rings is 1. The third-order valence-electron chi connectivity index (χ3n) is 3.26. The normalized spacial score (nSPS) is 13.0. The van der Waals surface area contributed by atoms with Crippen molar-refractivity contribution < 1.29 is 13.3 Å². The van der Waals surface area contributed by atoms with E-state index in [1.54, 1.807) is 17.4 Å². The van der Waals surface area contributed by atoms with Crippen LogP contribution in [-0.2, 0) is 15.8 Å². The number of hydrogen-bond donors (Lipinski definition) is 1. The summed E-state index contributed by atoms with van der Waals surface area (Å²) in [5.41, 5.74) is 1.07. The van der Waals surface area contributed by atoms with Crippen LogP contribution in [0.3, 0.4) is 0 Å². The number of nitrogens with one attached hydrogen (secondary N) is 1. The molecule has 22 heavy (non-hydrogen) atoms. The van der Waals surface area contributed by atoms with Gasteiger partial charge in [-0.05, 0) is 28.3 Å². The second kappa shape index (κ2) is 6.99. The molecule has 1 aromatic carbocycles. The van der Waals surface area contributed by atoms with Gasteiger partial charge in [-0.3, -0.25) is 10.1 Å². The first-order valence-electron chi connectivity index (χ1n) is 6.61. The lowest BCUT2D eigenvalue weighted by atomic mass is 10.1. The fourth-order valence-electron chi connectivity index (χ4n) is 1.99. The van der Waals surface area contributed by atoms with Crippen LogP contribution in [-0.4, -0.2) is 19.9 Å². The van der Waals surface area contributed by atoms with E-state index < -0.39 is 20.7 Å². The molecule has 0 fully saturated rings. The molecule has 6 nitrogen and oxygen atoms in total. The van der Waals surface area contributed by atoms with Gasteiger partial charge in [0.1, 0.15) is 0 Å². The Morgan fingerprint density at radius 1 is 1.32 bits per heavy atom. The Kier molecular flexibility index (Phi) is 5.28. The summed E-state index contributed by atoms with van der Waals surface area (Å²) in [6.45, 7) is 2.19. The van der Waals surface area contributed by atoms with E-state index in [4.69, 9.17) is 0 Å². The zero-order chi connectivity index (χ0) is 16.2. The molecule has 0 bridgehead atoms. The smallest absolute Gasteiger partial charge is 0.258 e. The number of rotatable bonds is 7. The van der Waals surface area contributed by atoms with Crippen LogP contribution in [0.1, 0.15) is 24.0 Å². The van der Waals surface area contributed by atoms with Crippen LogP contribution >= 0.6 is 11.3 Å². The first kappa shape index (κ1) is 16.6. The molecule has 2 rings (SSSR count). The number of nitro benzene ring substituents is 1. The van der Waals surface area contributed by atoms with E-state index in [2.05, 4.69) is 4.72 Å². The van der Waals surface area contributed by atoms with Gasteiger partial charge in [0, 0.05) is 18.2 Å². The molecule has 1 atom stereocenters. The Morgan fingerprint density at radius 2 is 2.05 bits per heavy atom. The Balaban J connectivity index is 2.04. The highest BCUT2D eigenvalue weighted by molar-refractivity contribution is 7.88. The Hall–Kier alpha value is -1.77. The highest BCUT2D eigenvalue weighted by atomic mass is 32.2. The summed E-state index contributed by atoms with van der Waals surface area (Å²) in [6, 6.07) is 7.82. The predicted octanol–water partition coefficient (Wildman–Crippen LogP) is 2.88. The molecule has 0 aliphatic heterocycles. The summed E-state index contributed by atoms with van der Waals surface area (Å²) in [6.07, 6.45) is 0. The average Bonchev–Trinajstić information content (AvgIpc) is 2.99. The molecule has 1 N–H and O–H groups in total. The monoisotopic (exact) mass is 340 g/mol. The van der Waals surface area contributed by atoms with Gasteiger partial charge in [-0.15, -0.1) is 0 Å². The lowest BCUT2D eigenvalue weighted by Gasteiger charge is -2.12. The molecular formula is C14H16N2O4S2. The zero-order valence-corrected chi connectivity index (χ0v) is 13.6. The van der Waals surface area contributed by atoms with Gasteiger partial charge in [-0.25, -0.2) is 13.1 Å². The second-order valence-corrected chi connectivity index (χ2v) is 7.54. The number of nitrogens with zero attached hydrogens (tertiary/aromatic N) is 1. The van der Waals surface area contributed by atoms with Crippen LogP contribution in [0.25, 0.3) is 0 Å². The van der Waals surface area contributed by atoms with Crippen molar-refractivity contribution in [2.24, 2.45) is 0 Å². The van der Waals surface area contributed by atoms with Crippen molar-refractivity contribution in [1.82, 2.24) is 4.72 Å². The standard InChI is InChI=1S/C14H16N2O4S2/c1-11(12-6-7-21-9-12)8-15-22(19,20)10-13-4-2-3-5-14(13)16(17)18/h2-7,9,11,15H,8,10H2,1H3/t11-/m1/s1. The maximum absolute atomic E-state index is 12.1. The van der Waals surface area contributed by atoms with Gasteiger partial charge in [0.15, 0.2) is 0 Å². The van der Waals surface area contributed by atoms with Crippen LogP contribution in [0, 0.1) is 10.1 Å². The molecule has 0 unspecified atom stereocenters. The fraction of sp³-hybridized carbons (Fsp3) is 0.286. The Bertz CT molecular complexity index is 742. The molecule has 8 heteroatoms. The van der Waals surface area contributed by atoms with Gasteiger partial charge in [-0.1, -0.05) is 25.1 Å². The number of thiophene rings is 1. The number of hydrogen-bond acceptors (Lipinski definition) is 5. The lowest BCUT2D eigenvalue weighted by molar-refractivity contribution is -0.385. The SMILES string of the molecule is C[C@H](CNS(=O)(=O)Cc1ccccc1[N+](=O)[O-])c1ccsc1. The van der Waals surface area contributed by atoms with Crippen molar-refractivity contribution >= 4 is 27.0 Å². The molecular weight excluding hydrogens is 324 g/mol. The molecule has 0 radical (unpaired) electrons. The second-order valence-electron chi connectivity index (χ2n) is 4.95. The van der Waals surface area contributed by atoms with E-state index in [1.165, 1.54) is 18.2 Å². The van der Waals surface area contributed by atoms with Gasteiger partial charge >= 0.3 is 0 Å². The summed E-state index contributed by atoms with van der Waals surface area (Å²) < 4.78 is 26.8. The molecule has 1 heterocycles. The van der Waals surface area contributed by atoms with Crippen LogP contribution in [0.5, 0.6) is 0 Å². The Morgan fingerprint density at radius 3 is 2.68 bits per heavy atom. The summed E-state index contributed by atoms with van der Waals surface area (Å²) in [4.78, 5) is 10.4. The first-order chi connectivity index (χ1) is 10.4. The first-order valence-corrected chi connectivity index (χ1v) is 9.20. The van der Waals surface area contributed by atoms with Crippen LogP contribution in [0.15, 0.2) is 41.1 Å². The fourth-order valence-corrected chi connectivity index (χ4v) is 4.03. The van der Waals surface area contributed by atoms with E-state index in [1.807, 2.05) is 23.8 Å². The number of nitro groups is 1. The van der Waals surface area contributed by atoms with Crippen molar-refractivity contribution in [3.63, 3.8) is 0 Å². The van der Waals surface area contributed by atoms with E-state index in [9.17, 15) is 18.5 Å². The molecule has 1 aromatic heterocycles. The van der Waals surface area contributed by atoms with Crippen LogP contribution in [0.4, 0.5) is 5.69 Å². The average molecular weight is 340 g/mol. The van der Waals surface area contributed by atoms with E-state index in [0.29, 0.717) is 0 Å². The van der Waals surface area contributed by atoms with E-state index in [0.717, 1.165) is 5.56 Å². The summed E-state index contributed by atoms with van der Waals surface area (Å²) >= 11 is 1.56. The van der Waals surface area contributed by atoms with Crippen molar-refractivity contribution in [3.05, 3.63) is 62.3 Å². The molecule has 118 valence electrons. The quantitative estimate of drug-likeness (QED) is 0.620. The van der Waals surface area contributed by atoms with Gasteiger partial charge < -0.3 is 0 Å². The molecule has 0 aliphatic carbocycles. The maximum Gasteiger partial charge on any atom is 0.273 e. The van der Waals surface area contributed by atoms with Crippen LogP contribution in [0.2, 0.25) is 0 Å². The minimum atomic E-state index is -3.63. The summed E-state index contributed by atoms with van der Waals surface area (Å²) in [7, 11) is -3.63. The molecule has 0 aliphatic rings. The van der Waals surface area contributed by atoms with Gasteiger partial charge in [0.2, 0.25) is 10.0 Å². The van der Waals surface area contributed by atoms with Crippen molar-refractivity contribution in [2.75, 3.05) is 6.54 Å². The highest BCUT2D eigenvalue weighted by Crippen LogP contribution is 2.21. The zero-order valence-electron chi connectivity index (χ0n) is 11.9. The number of sulfonamides is 1. The predicted molar refractivity (Wildman–Crippen MR) is 86.5 cm³/mol. The molecule has 0 saturated carbocycles. The number of para-hydroxylation sites is 1. The van der Waals surface area contributed by atoms with Gasteiger partial charge in [0.25, 0.3) is 5.69 Å². The summed E-state index contributed by atoms with van der Waals surface area (Å²) in [5, 5.41) is 14.8. The van der Waals surface area contributed by atoms with Gasteiger partial charge in [-0.2, -0.15) is 11.3 Å². The molecule has 0 saturated heterocycles. The van der Waals surface area contributed by atoms with Crippen molar-refractivity contribution in [2.45, 2.75) is 18.6 Å². The largest absolute Gasteiger partial charge is 0.273 e. The molecule has 0 amide bonds. The third kappa shape index (κ3) is 4.36. The minimum Gasteiger partial charge on any atom is -0.258 e.